The molecule has 4 N–H and O–H groups in total. The van der Waals surface area contributed by atoms with E-state index in [1.807, 2.05) is 27.8 Å². The lowest BCUT2D eigenvalue weighted by Gasteiger charge is -2.29. The van der Waals surface area contributed by atoms with Crippen LogP contribution in [0.4, 0.5) is 11.8 Å². The average Bonchev–Trinajstić information content (AvgIpc) is 3.56. The number of carbonyl (C=O) groups excluding carboxylic acids is 1. The van der Waals surface area contributed by atoms with Crippen LogP contribution in [0, 0.1) is 0 Å². The summed E-state index contributed by atoms with van der Waals surface area (Å²) in [5, 5.41) is 5.58. The van der Waals surface area contributed by atoms with Crippen molar-refractivity contribution in [3.63, 3.8) is 0 Å². The maximum absolute atomic E-state index is 12.8. The summed E-state index contributed by atoms with van der Waals surface area (Å²) in [5.41, 5.74) is 18.9. The molecule has 42 heavy (non-hydrogen) atoms. The number of fused-ring (bicyclic) bond motifs is 3. The molecule has 4 heterocycles. The SMILES string of the molecule is CCCOCCOCCC(=O)N1CCc2cc(Cn3nc(-c4ccc5oc(N)nc5c4)c4c(N)ncnc43)ccc2C1. The van der Waals surface area contributed by atoms with Crippen LogP contribution in [-0.2, 0) is 33.8 Å². The van der Waals surface area contributed by atoms with Gasteiger partial charge in [0, 0.05) is 25.3 Å². The van der Waals surface area contributed by atoms with Gasteiger partial charge in [0.05, 0.1) is 38.2 Å². The van der Waals surface area contributed by atoms with Gasteiger partial charge in [-0.05, 0) is 47.7 Å². The van der Waals surface area contributed by atoms with Crippen LogP contribution < -0.4 is 11.5 Å². The first-order valence-electron chi connectivity index (χ1n) is 14.2. The highest BCUT2D eigenvalue weighted by Gasteiger charge is 2.22. The predicted molar refractivity (Wildman–Crippen MR) is 158 cm³/mol. The van der Waals surface area contributed by atoms with Crippen LogP contribution in [0.5, 0.6) is 0 Å². The Morgan fingerprint density at radius 3 is 2.74 bits per heavy atom. The highest BCUT2D eigenvalue weighted by atomic mass is 16.5. The molecule has 0 aliphatic carbocycles. The van der Waals surface area contributed by atoms with Gasteiger partial charge >= 0.3 is 0 Å². The normalized spacial score (nSPS) is 13.2. The first kappa shape index (κ1) is 27.6. The number of carbonyl (C=O) groups is 1. The highest BCUT2D eigenvalue weighted by Crippen LogP contribution is 2.33. The maximum atomic E-state index is 12.8. The van der Waals surface area contributed by atoms with Gasteiger partial charge in [0.25, 0.3) is 6.01 Å². The Morgan fingerprint density at radius 2 is 1.88 bits per heavy atom. The molecule has 6 rings (SSSR count). The summed E-state index contributed by atoms with van der Waals surface area (Å²) in [4.78, 5) is 27.6. The minimum atomic E-state index is 0.109. The quantitative estimate of drug-likeness (QED) is 0.225. The molecule has 0 fully saturated rings. The van der Waals surface area contributed by atoms with E-state index in [-0.39, 0.29) is 11.9 Å². The van der Waals surface area contributed by atoms with E-state index in [2.05, 4.69) is 40.1 Å². The Morgan fingerprint density at radius 1 is 1.02 bits per heavy atom. The molecule has 0 saturated heterocycles. The van der Waals surface area contributed by atoms with E-state index < -0.39 is 0 Å². The van der Waals surface area contributed by atoms with Crippen LogP contribution >= 0.6 is 0 Å². The summed E-state index contributed by atoms with van der Waals surface area (Å²) in [6.45, 7) is 6.07. The summed E-state index contributed by atoms with van der Waals surface area (Å²) in [5.74, 6) is 0.463. The second kappa shape index (κ2) is 12.1. The van der Waals surface area contributed by atoms with Crippen molar-refractivity contribution in [2.24, 2.45) is 0 Å². The highest BCUT2D eigenvalue weighted by molar-refractivity contribution is 5.99. The molecule has 0 spiro atoms. The van der Waals surface area contributed by atoms with Crippen LogP contribution in [-0.4, -0.2) is 68.5 Å². The fraction of sp³-hybridized carbons (Fsp3) is 0.367. The molecule has 0 atom stereocenters. The number of aromatic nitrogens is 5. The van der Waals surface area contributed by atoms with Crippen molar-refractivity contribution in [2.75, 3.05) is 44.4 Å². The van der Waals surface area contributed by atoms with Crippen molar-refractivity contribution in [1.29, 1.82) is 0 Å². The van der Waals surface area contributed by atoms with Gasteiger partial charge < -0.3 is 30.3 Å². The predicted octanol–water partition coefficient (Wildman–Crippen LogP) is 3.57. The van der Waals surface area contributed by atoms with Crippen molar-refractivity contribution >= 4 is 39.9 Å². The number of hydrogen-bond acceptors (Lipinski definition) is 10. The molecule has 0 unspecified atom stereocenters. The fourth-order valence-corrected chi connectivity index (χ4v) is 5.31. The van der Waals surface area contributed by atoms with Crippen LogP contribution in [0.1, 0.15) is 36.5 Å². The molecule has 12 heteroatoms. The van der Waals surface area contributed by atoms with E-state index in [0.29, 0.717) is 79.5 Å². The van der Waals surface area contributed by atoms with Crippen LogP contribution in [0.15, 0.2) is 47.1 Å². The minimum Gasteiger partial charge on any atom is -0.424 e. The number of amides is 1. The number of oxazole rings is 1. The number of nitrogens with two attached hydrogens (primary N) is 2. The number of rotatable bonds is 11. The van der Waals surface area contributed by atoms with Crippen molar-refractivity contribution in [3.8, 4) is 11.3 Å². The monoisotopic (exact) mass is 570 g/mol. The van der Waals surface area contributed by atoms with Crippen molar-refractivity contribution < 1.29 is 18.7 Å². The first-order chi connectivity index (χ1) is 20.5. The zero-order valence-electron chi connectivity index (χ0n) is 23.6. The molecule has 1 aliphatic heterocycles. The summed E-state index contributed by atoms with van der Waals surface area (Å²) < 4.78 is 18.2. The molecule has 12 nitrogen and oxygen atoms in total. The smallest absolute Gasteiger partial charge is 0.292 e. The van der Waals surface area contributed by atoms with Crippen molar-refractivity contribution in [3.05, 3.63) is 59.4 Å². The van der Waals surface area contributed by atoms with Crippen LogP contribution in [0.2, 0.25) is 0 Å². The summed E-state index contributed by atoms with van der Waals surface area (Å²) in [6, 6.07) is 12.1. The Balaban J connectivity index is 1.15. The molecule has 2 aromatic carbocycles. The van der Waals surface area contributed by atoms with Gasteiger partial charge in [-0.15, -0.1) is 0 Å². The lowest BCUT2D eigenvalue weighted by Crippen LogP contribution is -2.36. The third kappa shape index (κ3) is 5.76. The van der Waals surface area contributed by atoms with Gasteiger partial charge in [0.15, 0.2) is 11.2 Å². The standard InChI is InChI=1S/C30H34N8O4/c1-2-10-40-12-13-41-11-8-25(39)37-9-7-20-14-19(3-4-22(20)17-37)16-38-29-26(28(31)33-18-34-29)27(36-38)21-5-6-24-23(15-21)35-30(32)42-24/h3-6,14-15,18H,2,7-13,16-17H2,1H3,(H2,32,35)(H2,31,33,34). The summed E-state index contributed by atoms with van der Waals surface area (Å²) in [6.07, 6.45) is 3.60. The second-order valence-electron chi connectivity index (χ2n) is 10.3. The number of nitrogens with zero attached hydrogens (tertiary/aromatic N) is 6. The number of benzene rings is 2. The molecule has 0 bridgehead atoms. The molecular formula is C30H34N8O4. The van der Waals surface area contributed by atoms with E-state index in [4.69, 9.17) is 30.5 Å². The molecule has 1 amide bonds. The van der Waals surface area contributed by atoms with Crippen molar-refractivity contribution in [1.82, 2.24) is 29.6 Å². The average molecular weight is 571 g/mol. The summed E-state index contributed by atoms with van der Waals surface area (Å²) >= 11 is 0. The third-order valence-corrected chi connectivity index (χ3v) is 7.38. The number of ether oxygens (including phenoxy) is 2. The minimum absolute atomic E-state index is 0.109. The Bertz CT molecular complexity index is 1730. The zero-order valence-corrected chi connectivity index (χ0v) is 23.6. The van der Waals surface area contributed by atoms with Crippen LogP contribution in [0.3, 0.4) is 0 Å². The molecule has 218 valence electrons. The van der Waals surface area contributed by atoms with E-state index >= 15 is 0 Å². The largest absolute Gasteiger partial charge is 0.424 e. The Labute approximate surface area is 242 Å². The number of anilines is 2. The molecular weight excluding hydrogens is 536 g/mol. The zero-order chi connectivity index (χ0) is 29.1. The van der Waals surface area contributed by atoms with Gasteiger partial charge in [-0.1, -0.05) is 25.1 Å². The lowest BCUT2D eigenvalue weighted by atomic mass is 9.97. The maximum Gasteiger partial charge on any atom is 0.292 e. The van der Waals surface area contributed by atoms with E-state index in [9.17, 15) is 4.79 Å². The van der Waals surface area contributed by atoms with E-state index in [1.54, 1.807) is 0 Å². The molecule has 1 aliphatic rings. The fourth-order valence-electron chi connectivity index (χ4n) is 5.31. The van der Waals surface area contributed by atoms with E-state index in [0.717, 1.165) is 36.1 Å². The summed E-state index contributed by atoms with van der Waals surface area (Å²) in [7, 11) is 0. The number of hydrogen-bond donors (Lipinski definition) is 2. The van der Waals surface area contributed by atoms with E-state index in [1.165, 1.54) is 11.9 Å². The van der Waals surface area contributed by atoms with Gasteiger partial charge in [0.1, 0.15) is 23.4 Å². The third-order valence-electron chi connectivity index (χ3n) is 7.38. The van der Waals surface area contributed by atoms with Gasteiger partial charge in [-0.25, -0.2) is 14.6 Å². The lowest BCUT2D eigenvalue weighted by molar-refractivity contribution is -0.133. The van der Waals surface area contributed by atoms with Gasteiger partial charge in [-0.2, -0.15) is 10.1 Å². The number of nitrogen functional groups attached to an aromatic ring is 2. The first-order valence-corrected chi connectivity index (χ1v) is 14.2. The van der Waals surface area contributed by atoms with Crippen molar-refractivity contribution in [2.45, 2.75) is 39.3 Å². The van der Waals surface area contributed by atoms with Crippen LogP contribution in [0.25, 0.3) is 33.4 Å². The van der Waals surface area contributed by atoms with Gasteiger partial charge in [-0.3, -0.25) is 4.79 Å². The van der Waals surface area contributed by atoms with Gasteiger partial charge in [0.2, 0.25) is 5.91 Å². The Kier molecular flexibility index (Phi) is 7.97. The molecule has 0 saturated carbocycles. The molecule has 3 aromatic heterocycles. The molecule has 0 radical (unpaired) electrons. The molecule has 5 aromatic rings. The topological polar surface area (TPSA) is 160 Å². The second-order valence-corrected chi connectivity index (χ2v) is 10.3. The Hall–Kier alpha value is -4.55.